The maximum atomic E-state index is 11.3. The third kappa shape index (κ3) is 17.6. The van der Waals surface area contributed by atoms with Gasteiger partial charge in [-0.15, -0.1) is 0 Å². The van der Waals surface area contributed by atoms with Crippen LogP contribution in [0.5, 0.6) is 0 Å². The average Bonchev–Trinajstić information content (AvgIpc) is 2.38. The SMILES string of the molecule is C=C(C)NCCCC(=O)N(C)CC.CC.CC. The largest absolute Gasteiger partial charge is 0.389 e. The van der Waals surface area contributed by atoms with Crippen molar-refractivity contribution < 1.29 is 4.79 Å². The van der Waals surface area contributed by atoms with Gasteiger partial charge in [0.25, 0.3) is 0 Å². The molecule has 0 unspecified atom stereocenters. The third-order valence-corrected chi connectivity index (χ3v) is 1.89. The molecule has 0 bridgehead atoms. The van der Waals surface area contributed by atoms with E-state index < -0.39 is 0 Å². The minimum atomic E-state index is 0.214. The molecule has 0 aliphatic heterocycles. The summed E-state index contributed by atoms with van der Waals surface area (Å²) in [6.07, 6.45) is 1.49. The molecule has 0 aromatic carbocycles. The number of hydrogen-bond donors (Lipinski definition) is 1. The van der Waals surface area contributed by atoms with Crippen LogP contribution in [0.2, 0.25) is 0 Å². The van der Waals surface area contributed by atoms with Crippen LogP contribution in [0.3, 0.4) is 0 Å². The van der Waals surface area contributed by atoms with Crippen LogP contribution in [-0.4, -0.2) is 30.9 Å². The Hall–Kier alpha value is -0.990. The highest BCUT2D eigenvalue weighted by atomic mass is 16.2. The number of nitrogens with one attached hydrogen (secondary N) is 1. The number of rotatable bonds is 6. The standard InChI is InChI=1S/C10H20N2O.2C2H6/c1-5-12(4)10(13)7-6-8-11-9(2)3;2*1-2/h11H,2,5-8H2,1,3-4H3;2*1-2H3. The first-order valence-corrected chi connectivity index (χ1v) is 6.71. The molecule has 1 N–H and O–H groups in total. The molecule has 104 valence electrons. The van der Waals surface area contributed by atoms with Gasteiger partial charge in [0.2, 0.25) is 5.91 Å². The molecule has 0 rings (SSSR count). The number of carbonyl (C=O) groups excluding carboxylic acids is 1. The van der Waals surface area contributed by atoms with E-state index in [1.165, 1.54) is 0 Å². The van der Waals surface area contributed by atoms with Gasteiger partial charge >= 0.3 is 0 Å². The summed E-state index contributed by atoms with van der Waals surface area (Å²) in [6, 6.07) is 0. The molecule has 0 fully saturated rings. The number of allylic oxidation sites excluding steroid dienone is 1. The van der Waals surface area contributed by atoms with Crippen LogP contribution in [0.15, 0.2) is 12.3 Å². The molecule has 0 atom stereocenters. The fourth-order valence-corrected chi connectivity index (χ4v) is 0.909. The van der Waals surface area contributed by atoms with Crippen LogP contribution in [-0.2, 0) is 4.79 Å². The second kappa shape index (κ2) is 17.4. The van der Waals surface area contributed by atoms with E-state index in [9.17, 15) is 4.79 Å². The Morgan fingerprint density at radius 1 is 1.24 bits per heavy atom. The quantitative estimate of drug-likeness (QED) is 0.726. The zero-order chi connectivity index (χ0) is 14.3. The maximum Gasteiger partial charge on any atom is 0.222 e. The van der Waals surface area contributed by atoms with Gasteiger partial charge in [0, 0.05) is 32.3 Å². The summed E-state index contributed by atoms with van der Waals surface area (Å²) in [5.41, 5.74) is 0.955. The number of nitrogens with zero attached hydrogens (tertiary/aromatic N) is 1. The second-order valence-corrected chi connectivity index (χ2v) is 3.22. The summed E-state index contributed by atoms with van der Waals surface area (Å²) >= 11 is 0. The lowest BCUT2D eigenvalue weighted by Crippen LogP contribution is -2.26. The van der Waals surface area contributed by atoms with Crippen molar-refractivity contribution in [3.63, 3.8) is 0 Å². The summed E-state index contributed by atoms with van der Waals surface area (Å²) < 4.78 is 0. The van der Waals surface area contributed by atoms with Gasteiger partial charge in [-0.2, -0.15) is 0 Å². The van der Waals surface area contributed by atoms with Crippen LogP contribution in [0.4, 0.5) is 0 Å². The van der Waals surface area contributed by atoms with Crippen LogP contribution in [0.25, 0.3) is 0 Å². The molecule has 0 spiro atoms. The molecule has 0 aromatic rings. The van der Waals surface area contributed by atoms with Gasteiger partial charge < -0.3 is 10.2 Å². The molecule has 1 amide bonds. The van der Waals surface area contributed by atoms with Crippen molar-refractivity contribution in [3.8, 4) is 0 Å². The van der Waals surface area contributed by atoms with Gasteiger partial charge in [-0.05, 0) is 20.3 Å². The average molecular weight is 244 g/mol. The Labute approximate surface area is 108 Å². The van der Waals surface area contributed by atoms with Crippen molar-refractivity contribution in [1.82, 2.24) is 10.2 Å². The summed E-state index contributed by atoms with van der Waals surface area (Å²) in [5.74, 6) is 0.214. The van der Waals surface area contributed by atoms with Crippen LogP contribution in [0, 0.1) is 0 Å². The Bertz CT molecular complexity index is 179. The van der Waals surface area contributed by atoms with Gasteiger partial charge in [0.05, 0.1) is 0 Å². The molecule has 17 heavy (non-hydrogen) atoms. The van der Waals surface area contributed by atoms with Gasteiger partial charge in [-0.25, -0.2) is 0 Å². The third-order valence-electron chi connectivity index (χ3n) is 1.89. The van der Waals surface area contributed by atoms with Crippen molar-refractivity contribution in [3.05, 3.63) is 12.3 Å². The Morgan fingerprint density at radius 3 is 2.06 bits per heavy atom. The topological polar surface area (TPSA) is 32.3 Å². The van der Waals surface area contributed by atoms with Crippen molar-refractivity contribution in [2.24, 2.45) is 0 Å². The molecule has 0 aliphatic carbocycles. The fourth-order valence-electron chi connectivity index (χ4n) is 0.909. The number of carbonyl (C=O) groups is 1. The van der Waals surface area contributed by atoms with Gasteiger partial charge in [0.1, 0.15) is 0 Å². The first-order chi connectivity index (χ1) is 8.07. The van der Waals surface area contributed by atoms with E-state index in [0.717, 1.165) is 25.2 Å². The summed E-state index contributed by atoms with van der Waals surface area (Å²) in [6.45, 7) is 17.2. The van der Waals surface area contributed by atoms with E-state index in [4.69, 9.17) is 0 Å². The fraction of sp³-hybridized carbons (Fsp3) is 0.786. The highest BCUT2D eigenvalue weighted by Crippen LogP contribution is 1.94. The molecule has 0 saturated heterocycles. The first-order valence-electron chi connectivity index (χ1n) is 6.71. The molecule has 0 saturated carbocycles. The van der Waals surface area contributed by atoms with Gasteiger partial charge in [0.15, 0.2) is 0 Å². The Kier molecular flexibility index (Phi) is 21.8. The second-order valence-electron chi connectivity index (χ2n) is 3.22. The minimum Gasteiger partial charge on any atom is -0.389 e. The highest BCUT2D eigenvalue weighted by molar-refractivity contribution is 5.75. The first kappa shape index (κ1) is 21.3. The molecule has 0 aliphatic rings. The molecular formula is C14H32N2O. The Balaban J connectivity index is -0.000000439. The lowest BCUT2D eigenvalue weighted by atomic mass is 10.3. The molecule has 3 heteroatoms. The molecule has 0 radical (unpaired) electrons. The van der Waals surface area contributed by atoms with Crippen LogP contribution in [0.1, 0.15) is 54.4 Å². The van der Waals surface area contributed by atoms with E-state index in [1.807, 2.05) is 48.6 Å². The normalized spacial score (nSPS) is 7.94. The van der Waals surface area contributed by atoms with E-state index >= 15 is 0 Å². The van der Waals surface area contributed by atoms with E-state index in [2.05, 4.69) is 11.9 Å². The summed E-state index contributed by atoms with van der Waals surface area (Å²) in [7, 11) is 1.83. The predicted octanol–water partition coefficient (Wildman–Crippen LogP) is 3.42. The predicted molar refractivity (Wildman–Crippen MR) is 78.1 cm³/mol. The van der Waals surface area contributed by atoms with Crippen molar-refractivity contribution in [2.75, 3.05) is 20.1 Å². The number of amides is 1. The molecule has 0 aromatic heterocycles. The Morgan fingerprint density at radius 2 is 1.71 bits per heavy atom. The van der Waals surface area contributed by atoms with E-state index in [0.29, 0.717) is 6.42 Å². The molecular weight excluding hydrogens is 212 g/mol. The monoisotopic (exact) mass is 244 g/mol. The van der Waals surface area contributed by atoms with Crippen LogP contribution < -0.4 is 5.32 Å². The molecule has 3 nitrogen and oxygen atoms in total. The van der Waals surface area contributed by atoms with Crippen molar-refractivity contribution in [1.29, 1.82) is 0 Å². The highest BCUT2D eigenvalue weighted by Gasteiger charge is 2.04. The zero-order valence-corrected chi connectivity index (χ0v) is 12.9. The van der Waals surface area contributed by atoms with Crippen LogP contribution >= 0.6 is 0 Å². The van der Waals surface area contributed by atoms with Crippen molar-refractivity contribution in [2.45, 2.75) is 54.4 Å². The number of hydrogen-bond acceptors (Lipinski definition) is 2. The smallest absolute Gasteiger partial charge is 0.222 e. The zero-order valence-electron chi connectivity index (χ0n) is 12.9. The lowest BCUT2D eigenvalue weighted by molar-refractivity contribution is -0.129. The van der Waals surface area contributed by atoms with Gasteiger partial charge in [-0.3, -0.25) is 4.79 Å². The minimum absolute atomic E-state index is 0.214. The van der Waals surface area contributed by atoms with Gasteiger partial charge in [-0.1, -0.05) is 34.3 Å². The lowest BCUT2D eigenvalue weighted by Gasteiger charge is -2.14. The van der Waals surface area contributed by atoms with Crippen molar-refractivity contribution >= 4 is 5.91 Å². The maximum absolute atomic E-state index is 11.3. The summed E-state index contributed by atoms with van der Waals surface area (Å²) in [5, 5.41) is 3.09. The summed E-state index contributed by atoms with van der Waals surface area (Å²) in [4.78, 5) is 13.0. The molecule has 0 heterocycles. The van der Waals surface area contributed by atoms with E-state index in [-0.39, 0.29) is 5.91 Å². The van der Waals surface area contributed by atoms with E-state index in [1.54, 1.807) is 4.90 Å².